The smallest absolute Gasteiger partial charge is 0.254 e. The van der Waals surface area contributed by atoms with Gasteiger partial charge in [0.15, 0.2) is 0 Å². The van der Waals surface area contributed by atoms with Gasteiger partial charge in [-0.2, -0.15) is 0 Å². The van der Waals surface area contributed by atoms with Crippen LogP contribution in [0.25, 0.3) is 0 Å². The number of nitrogens with one attached hydrogen (secondary N) is 1. The second-order valence-electron chi connectivity index (χ2n) is 5.65. The number of amides is 1. The lowest BCUT2D eigenvalue weighted by Gasteiger charge is -2.37. The van der Waals surface area contributed by atoms with Gasteiger partial charge in [-0.1, -0.05) is 0 Å². The Bertz CT molecular complexity index is 541. The van der Waals surface area contributed by atoms with Crippen LogP contribution in [0.3, 0.4) is 0 Å². The number of nitrogens with zero attached hydrogens (tertiary/aromatic N) is 2. The van der Waals surface area contributed by atoms with Crippen molar-refractivity contribution in [1.82, 2.24) is 9.80 Å². The molecule has 4 nitrogen and oxygen atoms in total. The Hall–Kier alpha value is -1.69. The zero-order chi connectivity index (χ0) is 15.0. The number of benzene rings is 1. The van der Waals surface area contributed by atoms with Crippen LogP contribution in [0.2, 0.25) is 0 Å². The van der Waals surface area contributed by atoms with Crippen molar-refractivity contribution in [3.63, 3.8) is 0 Å². The van der Waals surface area contributed by atoms with Gasteiger partial charge in [-0.15, -0.1) is 0 Å². The Morgan fingerprint density at radius 1 is 1.24 bits per heavy atom. The molecule has 2 fully saturated rings. The summed E-state index contributed by atoms with van der Waals surface area (Å²) in [7, 11) is 1.45. The molecule has 1 unspecified atom stereocenters. The van der Waals surface area contributed by atoms with E-state index in [0.29, 0.717) is 19.1 Å². The molecule has 1 N–H and O–H groups in total. The molecule has 0 bridgehead atoms. The van der Waals surface area contributed by atoms with E-state index in [1.54, 1.807) is 4.90 Å². The van der Waals surface area contributed by atoms with Gasteiger partial charge in [0.2, 0.25) is 0 Å². The van der Waals surface area contributed by atoms with Crippen LogP contribution < -0.4 is 5.32 Å². The Labute approximate surface area is 122 Å². The number of anilines is 1. The van der Waals surface area contributed by atoms with Crippen LogP contribution in [0.15, 0.2) is 12.1 Å². The maximum absolute atomic E-state index is 13.8. The van der Waals surface area contributed by atoms with Crippen molar-refractivity contribution in [3.8, 4) is 0 Å². The largest absolute Gasteiger partial charge is 0.383 e. The van der Waals surface area contributed by atoms with Crippen LogP contribution in [0.4, 0.5) is 14.5 Å². The molecule has 0 aliphatic carbocycles. The summed E-state index contributed by atoms with van der Waals surface area (Å²) in [5, 5.41) is 2.46. The molecule has 2 aliphatic rings. The number of carbonyl (C=O) groups excluding carboxylic acids is 1. The van der Waals surface area contributed by atoms with E-state index < -0.39 is 11.6 Å². The molecule has 0 radical (unpaired) electrons. The number of piperazine rings is 1. The Morgan fingerprint density at radius 2 is 1.95 bits per heavy atom. The van der Waals surface area contributed by atoms with Gasteiger partial charge < -0.3 is 10.2 Å². The lowest BCUT2D eigenvalue weighted by molar-refractivity contribution is 0.0570. The van der Waals surface area contributed by atoms with Crippen LogP contribution in [0.1, 0.15) is 23.2 Å². The van der Waals surface area contributed by atoms with E-state index in [1.807, 2.05) is 0 Å². The van der Waals surface area contributed by atoms with Crippen molar-refractivity contribution in [2.75, 3.05) is 38.5 Å². The van der Waals surface area contributed by atoms with Crippen LogP contribution in [0, 0.1) is 11.6 Å². The summed E-state index contributed by atoms with van der Waals surface area (Å²) < 4.78 is 27.5. The Balaban J connectivity index is 1.79. The molecule has 2 saturated heterocycles. The van der Waals surface area contributed by atoms with Gasteiger partial charge >= 0.3 is 0 Å². The molecule has 2 aliphatic heterocycles. The second-order valence-corrected chi connectivity index (χ2v) is 5.65. The lowest BCUT2D eigenvalue weighted by Crippen LogP contribution is -2.52. The standard InChI is InChI=1S/C15H19F2N3O/c1-18-14-12(16)7-10(8-13(14)17)15(21)20-6-5-19-4-2-3-11(19)9-20/h7-8,11,18H,2-6,9H2,1H3. The minimum atomic E-state index is -0.736. The summed E-state index contributed by atoms with van der Waals surface area (Å²) in [5.41, 5.74) is -0.123. The number of halogens is 2. The van der Waals surface area contributed by atoms with E-state index in [1.165, 1.54) is 7.05 Å². The second kappa shape index (κ2) is 5.60. The lowest BCUT2D eigenvalue weighted by atomic mass is 10.1. The van der Waals surface area contributed by atoms with Crippen LogP contribution in [-0.2, 0) is 0 Å². The van der Waals surface area contributed by atoms with Crippen molar-refractivity contribution in [1.29, 1.82) is 0 Å². The molecule has 1 aromatic carbocycles. The van der Waals surface area contributed by atoms with Crippen molar-refractivity contribution in [3.05, 3.63) is 29.3 Å². The minimum Gasteiger partial charge on any atom is -0.383 e. The SMILES string of the molecule is CNc1c(F)cc(C(=O)N2CCN3CCCC3C2)cc1F. The van der Waals surface area contributed by atoms with Gasteiger partial charge in [-0.05, 0) is 31.5 Å². The molecule has 21 heavy (non-hydrogen) atoms. The molecule has 1 aromatic rings. The first kappa shape index (κ1) is 14.3. The first-order chi connectivity index (χ1) is 10.1. The number of hydrogen-bond donors (Lipinski definition) is 1. The number of hydrogen-bond acceptors (Lipinski definition) is 3. The molecule has 6 heteroatoms. The van der Waals surface area contributed by atoms with Crippen LogP contribution >= 0.6 is 0 Å². The molecule has 114 valence electrons. The molecular weight excluding hydrogens is 276 g/mol. The van der Waals surface area contributed by atoms with Crippen LogP contribution in [0.5, 0.6) is 0 Å². The topological polar surface area (TPSA) is 35.6 Å². The van der Waals surface area contributed by atoms with Gasteiger partial charge in [0.25, 0.3) is 5.91 Å². The number of fused-ring (bicyclic) bond motifs is 1. The van der Waals surface area contributed by atoms with Gasteiger partial charge in [0, 0.05) is 38.3 Å². The van der Waals surface area contributed by atoms with Gasteiger partial charge in [0.1, 0.15) is 17.3 Å². The predicted molar refractivity (Wildman–Crippen MR) is 76.4 cm³/mol. The molecule has 1 atom stereocenters. The number of rotatable bonds is 2. The highest BCUT2D eigenvalue weighted by Gasteiger charge is 2.33. The highest BCUT2D eigenvalue weighted by atomic mass is 19.1. The van der Waals surface area contributed by atoms with Crippen molar-refractivity contribution in [2.24, 2.45) is 0 Å². The molecule has 2 heterocycles. The molecule has 3 rings (SSSR count). The fourth-order valence-corrected chi connectivity index (χ4v) is 3.29. The fraction of sp³-hybridized carbons (Fsp3) is 0.533. The average molecular weight is 295 g/mol. The summed E-state index contributed by atoms with van der Waals surface area (Å²) >= 11 is 0. The summed E-state index contributed by atoms with van der Waals surface area (Å²) in [6.07, 6.45) is 2.25. The van der Waals surface area contributed by atoms with Crippen molar-refractivity contribution < 1.29 is 13.6 Å². The quantitative estimate of drug-likeness (QED) is 0.905. The summed E-state index contributed by atoms with van der Waals surface area (Å²) in [4.78, 5) is 16.5. The van der Waals surface area contributed by atoms with E-state index in [-0.39, 0.29) is 17.2 Å². The average Bonchev–Trinajstić information content (AvgIpc) is 2.93. The third-order valence-corrected chi connectivity index (χ3v) is 4.41. The van der Waals surface area contributed by atoms with E-state index in [4.69, 9.17) is 0 Å². The molecule has 0 spiro atoms. The summed E-state index contributed by atoms with van der Waals surface area (Å²) in [5.74, 6) is -1.76. The van der Waals surface area contributed by atoms with Gasteiger partial charge in [0.05, 0.1) is 0 Å². The van der Waals surface area contributed by atoms with E-state index in [2.05, 4.69) is 10.2 Å². The first-order valence-electron chi connectivity index (χ1n) is 7.30. The molecule has 1 amide bonds. The van der Waals surface area contributed by atoms with E-state index >= 15 is 0 Å². The Kier molecular flexibility index (Phi) is 3.80. The minimum absolute atomic E-state index is 0.0791. The Morgan fingerprint density at radius 3 is 2.62 bits per heavy atom. The summed E-state index contributed by atoms with van der Waals surface area (Å²) in [6.45, 7) is 3.20. The molecule has 0 saturated carbocycles. The summed E-state index contributed by atoms with van der Waals surface area (Å²) in [6, 6.07) is 2.62. The zero-order valence-corrected chi connectivity index (χ0v) is 12.0. The third-order valence-electron chi connectivity index (χ3n) is 4.41. The normalized spacial score (nSPS) is 22.2. The van der Waals surface area contributed by atoms with Gasteiger partial charge in [-0.3, -0.25) is 9.69 Å². The zero-order valence-electron chi connectivity index (χ0n) is 12.0. The molecular formula is C15H19F2N3O. The predicted octanol–water partition coefficient (Wildman–Crippen LogP) is 1.93. The fourth-order valence-electron chi connectivity index (χ4n) is 3.29. The van der Waals surface area contributed by atoms with Crippen molar-refractivity contribution in [2.45, 2.75) is 18.9 Å². The van der Waals surface area contributed by atoms with E-state index in [9.17, 15) is 13.6 Å². The monoisotopic (exact) mass is 295 g/mol. The molecule has 0 aromatic heterocycles. The third kappa shape index (κ3) is 2.60. The maximum atomic E-state index is 13.8. The van der Waals surface area contributed by atoms with Crippen LogP contribution in [-0.4, -0.2) is 55.0 Å². The first-order valence-corrected chi connectivity index (χ1v) is 7.30. The highest BCUT2D eigenvalue weighted by molar-refractivity contribution is 5.94. The highest BCUT2D eigenvalue weighted by Crippen LogP contribution is 2.24. The van der Waals surface area contributed by atoms with E-state index in [0.717, 1.165) is 38.1 Å². The number of carbonyl (C=O) groups is 1. The van der Waals surface area contributed by atoms with Crippen molar-refractivity contribution >= 4 is 11.6 Å². The maximum Gasteiger partial charge on any atom is 0.254 e. The van der Waals surface area contributed by atoms with Gasteiger partial charge in [-0.25, -0.2) is 8.78 Å².